The zero-order valence-corrected chi connectivity index (χ0v) is 15.4. The lowest BCUT2D eigenvalue weighted by atomic mass is 10.1. The molecule has 5 nitrogen and oxygen atoms in total. The Kier molecular flexibility index (Phi) is 5.90. The van der Waals surface area contributed by atoms with E-state index in [4.69, 9.17) is 16.0 Å². The number of carbonyl (C=O) groups is 1. The molecule has 1 N–H and O–H groups in total. The van der Waals surface area contributed by atoms with Crippen molar-refractivity contribution in [3.63, 3.8) is 0 Å². The molecule has 0 radical (unpaired) electrons. The van der Waals surface area contributed by atoms with Gasteiger partial charge < -0.3 is 9.73 Å². The molecular formula is C18H15ClFN3O2S. The molecule has 0 saturated carbocycles. The van der Waals surface area contributed by atoms with Crippen LogP contribution >= 0.6 is 23.4 Å². The largest absolute Gasteiger partial charge is 0.411 e. The van der Waals surface area contributed by atoms with Crippen molar-refractivity contribution in [3.05, 3.63) is 64.9 Å². The van der Waals surface area contributed by atoms with Crippen LogP contribution in [0.1, 0.15) is 18.5 Å². The molecule has 134 valence electrons. The van der Waals surface area contributed by atoms with Crippen molar-refractivity contribution in [2.45, 2.75) is 18.2 Å². The summed E-state index contributed by atoms with van der Waals surface area (Å²) >= 11 is 6.95. The summed E-state index contributed by atoms with van der Waals surface area (Å²) in [4.78, 5) is 12.1. The van der Waals surface area contributed by atoms with Gasteiger partial charge in [0.2, 0.25) is 5.91 Å². The Labute approximate surface area is 159 Å². The molecule has 0 aliphatic rings. The van der Waals surface area contributed by atoms with Gasteiger partial charge in [0.25, 0.3) is 11.1 Å². The van der Waals surface area contributed by atoms with Gasteiger partial charge in [-0.3, -0.25) is 4.79 Å². The first-order valence-electron chi connectivity index (χ1n) is 7.79. The Morgan fingerprint density at radius 1 is 1.23 bits per heavy atom. The fourth-order valence-corrected chi connectivity index (χ4v) is 2.96. The van der Waals surface area contributed by atoms with Crippen LogP contribution in [0.4, 0.5) is 4.39 Å². The number of aromatic nitrogens is 2. The summed E-state index contributed by atoms with van der Waals surface area (Å²) in [6.07, 6.45) is 0. The lowest BCUT2D eigenvalue weighted by Crippen LogP contribution is -2.28. The number of halogens is 2. The van der Waals surface area contributed by atoms with Crippen molar-refractivity contribution >= 4 is 29.3 Å². The van der Waals surface area contributed by atoms with E-state index in [9.17, 15) is 9.18 Å². The molecule has 1 aromatic heterocycles. The third-order valence-corrected chi connectivity index (χ3v) is 4.66. The second-order valence-corrected chi connectivity index (χ2v) is 6.85. The lowest BCUT2D eigenvalue weighted by Gasteiger charge is -2.13. The molecule has 3 rings (SSSR count). The van der Waals surface area contributed by atoms with Crippen LogP contribution in [0.15, 0.2) is 58.2 Å². The molecule has 0 aliphatic carbocycles. The first-order valence-corrected chi connectivity index (χ1v) is 9.15. The van der Waals surface area contributed by atoms with Gasteiger partial charge in [0.15, 0.2) is 0 Å². The standard InChI is InChI=1S/C18H15ClFN3O2S/c1-11(12-6-8-13(19)9-7-12)21-16(24)10-26-18-23-22-17(25-18)14-4-2-3-5-15(14)20/h2-9,11H,10H2,1H3,(H,21,24)/t11-/m0/s1. The molecule has 0 bridgehead atoms. The van der Waals surface area contributed by atoms with Crippen molar-refractivity contribution in [1.82, 2.24) is 15.5 Å². The number of nitrogens with zero attached hydrogens (tertiary/aromatic N) is 2. The maximum absolute atomic E-state index is 13.7. The average molecular weight is 392 g/mol. The highest BCUT2D eigenvalue weighted by molar-refractivity contribution is 7.99. The SMILES string of the molecule is C[C@H](NC(=O)CSc1nnc(-c2ccccc2F)o1)c1ccc(Cl)cc1. The molecule has 0 fully saturated rings. The Hall–Kier alpha value is -2.38. The second kappa shape index (κ2) is 8.33. The van der Waals surface area contributed by atoms with Gasteiger partial charge in [-0.25, -0.2) is 4.39 Å². The first kappa shape index (κ1) is 18.4. The van der Waals surface area contributed by atoms with E-state index >= 15 is 0 Å². The predicted octanol–water partition coefficient (Wildman–Crippen LogP) is 4.50. The topological polar surface area (TPSA) is 68.0 Å². The van der Waals surface area contributed by atoms with Crippen LogP contribution < -0.4 is 5.32 Å². The molecule has 0 unspecified atom stereocenters. The third-order valence-electron chi connectivity index (χ3n) is 3.58. The van der Waals surface area contributed by atoms with Gasteiger partial charge in [0.1, 0.15) is 5.82 Å². The number of carbonyl (C=O) groups excluding carboxylic acids is 1. The maximum atomic E-state index is 13.7. The Balaban J connectivity index is 1.55. The third kappa shape index (κ3) is 4.62. The van der Waals surface area contributed by atoms with Crippen molar-refractivity contribution in [2.75, 3.05) is 5.75 Å². The van der Waals surface area contributed by atoms with E-state index in [1.807, 2.05) is 19.1 Å². The van der Waals surface area contributed by atoms with Crippen molar-refractivity contribution < 1.29 is 13.6 Å². The Morgan fingerprint density at radius 3 is 2.69 bits per heavy atom. The van der Waals surface area contributed by atoms with E-state index in [1.165, 1.54) is 6.07 Å². The van der Waals surface area contributed by atoms with E-state index < -0.39 is 5.82 Å². The van der Waals surface area contributed by atoms with E-state index in [0.29, 0.717) is 5.02 Å². The normalized spacial score (nSPS) is 12.0. The quantitative estimate of drug-likeness (QED) is 0.626. The smallest absolute Gasteiger partial charge is 0.277 e. The number of amides is 1. The summed E-state index contributed by atoms with van der Waals surface area (Å²) in [7, 11) is 0. The number of rotatable bonds is 6. The van der Waals surface area contributed by atoms with Crippen molar-refractivity contribution in [2.24, 2.45) is 0 Å². The van der Waals surface area contributed by atoms with E-state index in [2.05, 4.69) is 15.5 Å². The monoisotopic (exact) mass is 391 g/mol. The number of hydrogen-bond donors (Lipinski definition) is 1. The fourth-order valence-electron chi connectivity index (χ4n) is 2.26. The van der Waals surface area contributed by atoms with Crippen LogP contribution in [0.2, 0.25) is 5.02 Å². The molecule has 26 heavy (non-hydrogen) atoms. The van der Waals surface area contributed by atoms with Gasteiger partial charge in [0.05, 0.1) is 17.4 Å². The predicted molar refractivity (Wildman–Crippen MR) is 98.4 cm³/mol. The molecule has 3 aromatic rings. The fraction of sp³-hybridized carbons (Fsp3) is 0.167. The van der Waals surface area contributed by atoms with E-state index in [-0.39, 0.29) is 34.4 Å². The molecule has 1 amide bonds. The summed E-state index contributed by atoms with van der Waals surface area (Å²) in [5.74, 6) is -0.428. The summed E-state index contributed by atoms with van der Waals surface area (Å²) in [6.45, 7) is 1.88. The van der Waals surface area contributed by atoms with Gasteiger partial charge in [-0.15, -0.1) is 10.2 Å². The zero-order chi connectivity index (χ0) is 18.5. The van der Waals surface area contributed by atoms with Crippen LogP contribution in [0.25, 0.3) is 11.5 Å². The molecule has 0 spiro atoms. The average Bonchev–Trinajstić information content (AvgIpc) is 3.09. The highest BCUT2D eigenvalue weighted by Crippen LogP contribution is 2.25. The van der Waals surface area contributed by atoms with Crippen LogP contribution in [0, 0.1) is 5.82 Å². The number of thioether (sulfide) groups is 1. The minimum Gasteiger partial charge on any atom is -0.411 e. The summed E-state index contributed by atoms with van der Waals surface area (Å²) in [5, 5.41) is 11.4. The minimum absolute atomic E-state index is 0.0838. The molecule has 0 aliphatic heterocycles. The van der Waals surface area contributed by atoms with Crippen molar-refractivity contribution in [1.29, 1.82) is 0 Å². The summed E-state index contributed by atoms with van der Waals surface area (Å²) in [5.41, 5.74) is 1.18. The molecule has 2 aromatic carbocycles. The van der Waals surface area contributed by atoms with Gasteiger partial charge in [-0.05, 0) is 36.8 Å². The second-order valence-electron chi connectivity index (χ2n) is 5.48. The van der Waals surface area contributed by atoms with Crippen LogP contribution in [0.3, 0.4) is 0 Å². The summed E-state index contributed by atoms with van der Waals surface area (Å²) < 4.78 is 19.1. The minimum atomic E-state index is -0.442. The number of benzene rings is 2. The molecule has 1 heterocycles. The highest BCUT2D eigenvalue weighted by atomic mass is 35.5. The molecule has 1 atom stereocenters. The van der Waals surface area contributed by atoms with Crippen molar-refractivity contribution in [3.8, 4) is 11.5 Å². The first-order chi connectivity index (χ1) is 12.5. The van der Waals surface area contributed by atoms with Crippen LogP contribution in [0.5, 0.6) is 0 Å². The summed E-state index contributed by atoms with van der Waals surface area (Å²) in [6, 6.07) is 13.2. The number of hydrogen-bond acceptors (Lipinski definition) is 5. The molecule has 0 saturated heterocycles. The zero-order valence-electron chi connectivity index (χ0n) is 13.8. The van der Waals surface area contributed by atoms with Crippen LogP contribution in [-0.4, -0.2) is 21.9 Å². The van der Waals surface area contributed by atoms with Gasteiger partial charge >= 0.3 is 0 Å². The molecular weight excluding hydrogens is 377 g/mol. The van der Waals surface area contributed by atoms with E-state index in [0.717, 1.165) is 17.3 Å². The number of nitrogens with one attached hydrogen (secondary N) is 1. The lowest BCUT2D eigenvalue weighted by molar-refractivity contribution is -0.119. The van der Waals surface area contributed by atoms with Gasteiger partial charge in [0, 0.05) is 5.02 Å². The van der Waals surface area contributed by atoms with Gasteiger partial charge in [-0.2, -0.15) is 0 Å². The maximum Gasteiger partial charge on any atom is 0.277 e. The molecule has 8 heteroatoms. The highest BCUT2D eigenvalue weighted by Gasteiger charge is 2.15. The van der Waals surface area contributed by atoms with Gasteiger partial charge in [-0.1, -0.05) is 47.6 Å². The van der Waals surface area contributed by atoms with E-state index in [1.54, 1.807) is 30.3 Å². The Morgan fingerprint density at radius 2 is 1.96 bits per heavy atom. The van der Waals surface area contributed by atoms with Crippen LogP contribution in [-0.2, 0) is 4.79 Å². The Bertz CT molecular complexity index is 901.